The Balaban J connectivity index is 1.89. The molecule has 1 fully saturated rings. The largest absolute Gasteiger partial charge is 0.379 e. The number of rotatable bonds is 2. The van der Waals surface area contributed by atoms with Crippen LogP contribution in [0.1, 0.15) is 18.4 Å². The van der Waals surface area contributed by atoms with Gasteiger partial charge in [0.1, 0.15) is 5.01 Å². The van der Waals surface area contributed by atoms with Gasteiger partial charge in [-0.1, -0.05) is 11.3 Å². The van der Waals surface area contributed by atoms with Gasteiger partial charge in [0.25, 0.3) is 0 Å². The highest BCUT2D eigenvalue weighted by molar-refractivity contribution is 7.15. The summed E-state index contributed by atoms with van der Waals surface area (Å²) in [6, 6.07) is -0.260. The van der Waals surface area contributed by atoms with Crippen molar-refractivity contribution in [3.05, 3.63) is 5.01 Å². The van der Waals surface area contributed by atoms with Crippen LogP contribution in [0.4, 0.5) is 9.93 Å². The predicted molar refractivity (Wildman–Crippen MR) is 60.6 cm³/mol. The average molecular weight is 242 g/mol. The summed E-state index contributed by atoms with van der Waals surface area (Å²) in [5.41, 5.74) is -0.274. The minimum Gasteiger partial charge on any atom is -0.379 e. The second-order valence-corrected chi connectivity index (χ2v) is 5.25. The summed E-state index contributed by atoms with van der Waals surface area (Å²) in [6.07, 6.45) is 0.829. The first-order chi connectivity index (χ1) is 7.57. The Bertz CT molecular complexity index is 387. The van der Waals surface area contributed by atoms with E-state index in [2.05, 4.69) is 20.8 Å². The van der Waals surface area contributed by atoms with Gasteiger partial charge in [0.05, 0.1) is 12.1 Å². The summed E-state index contributed by atoms with van der Waals surface area (Å²) in [5, 5.41) is 14.5. The molecule has 1 aliphatic heterocycles. The summed E-state index contributed by atoms with van der Waals surface area (Å²) in [6.45, 7) is 5.04. The van der Waals surface area contributed by atoms with Gasteiger partial charge in [0.15, 0.2) is 0 Å². The van der Waals surface area contributed by atoms with Crippen molar-refractivity contribution in [3.63, 3.8) is 0 Å². The van der Waals surface area contributed by atoms with Gasteiger partial charge >= 0.3 is 6.03 Å². The average Bonchev–Trinajstić information content (AvgIpc) is 2.75. The van der Waals surface area contributed by atoms with Crippen LogP contribution in [0.2, 0.25) is 0 Å². The Hall–Kier alpha value is -1.21. The second-order valence-electron chi connectivity index (χ2n) is 4.07. The molecule has 2 rings (SSSR count). The Kier molecular flexibility index (Phi) is 3.06. The number of carbonyl (C=O) groups is 1. The molecule has 1 unspecified atom stereocenters. The molecule has 16 heavy (non-hydrogen) atoms. The van der Waals surface area contributed by atoms with Crippen LogP contribution >= 0.6 is 11.3 Å². The molecule has 0 bridgehead atoms. The SMILES string of the molecule is Cc1nnc(NC(=O)NC2(C)CCOC2)s1. The molecular formula is C9H14N4O2S. The Labute approximate surface area is 97.4 Å². The highest BCUT2D eigenvalue weighted by Crippen LogP contribution is 2.18. The van der Waals surface area contributed by atoms with Crippen molar-refractivity contribution in [2.45, 2.75) is 25.8 Å². The highest BCUT2D eigenvalue weighted by atomic mass is 32.1. The van der Waals surface area contributed by atoms with Crippen LogP contribution in [0, 0.1) is 6.92 Å². The van der Waals surface area contributed by atoms with Crippen molar-refractivity contribution in [2.75, 3.05) is 18.5 Å². The first-order valence-electron chi connectivity index (χ1n) is 5.04. The van der Waals surface area contributed by atoms with E-state index in [1.54, 1.807) is 0 Å². The maximum atomic E-state index is 11.6. The molecule has 1 aliphatic rings. The number of nitrogens with one attached hydrogen (secondary N) is 2. The quantitative estimate of drug-likeness (QED) is 0.815. The molecule has 1 atom stereocenters. The molecule has 6 nitrogen and oxygen atoms in total. The van der Waals surface area contributed by atoms with Crippen LogP contribution < -0.4 is 10.6 Å². The maximum Gasteiger partial charge on any atom is 0.321 e. The van der Waals surface area contributed by atoms with Crippen molar-refractivity contribution in [2.24, 2.45) is 0 Å². The maximum absolute atomic E-state index is 11.6. The molecule has 2 heterocycles. The van der Waals surface area contributed by atoms with Gasteiger partial charge in [-0.25, -0.2) is 4.79 Å². The van der Waals surface area contributed by atoms with E-state index in [1.165, 1.54) is 11.3 Å². The summed E-state index contributed by atoms with van der Waals surface area (Å²) in [4.78, 5) is 11.6. The standard InChI is InChI=1S/C9H14N4O2S/c1-6-12-13-8(16-6)10-7(14)11-9(2)3-4-15-5-9/h3-5H2,1-2H3,(H2,10,11,13,14). The highest BCUT2D eigenvalue weighted by Gasteiger charge is 2.31. The third-order valence-electron chi connectivity index (χ3n) is 2.38. The molecule has 0 radical (unpaired) electrons. The molecule has 0 spiro atoms. The van der Waals surface area contributed by atoms with Crippen LogP contribution in [0.15, 0.2) is 0 Å². The van der Waals surface area contributed by atoms with Crippen LogP contribution in [-0.4, -0.2) is 35.0 Å². The third kappa shape index (κ3) is 2.67. The first-order valence-corrected chi connectivity index (χ1v) is 5.86. The lowest BCUT2D eigenvalue weighted by molar-refractivity contribution is 0.172. The molecule has 0 aromatic carbocycles. The number of hydrogen-bond donors (Lipinski definition) is 2. The van der Waals surface area contributed by atoms with Gasteiger partial charge in [0, 0.05) is 6.61 Å². The van der Waals surface area contributed by atoms with E-state index in [9.17, 15) is 4.79 Å². The zero-order valence-corrected chi connectivity index (χ0v) is 10.1. The number of anilines is 1. The number of urea groups is 1. The number of ether oxygens (including phenoxy) is 1. The zero-order chi connectivity index (χ0) is 11.6. The van der Waals surface area contributed by atoms with Crippen LogP contribution in [-0.2, 0) is 4.74 Å². The minimum absolute atomic E-state index is 0.260. The molecule has 2 amide bonds. The van der Waals surface area contributed by atoms with Crippen molar-refractivity contribution in [3.8, 4) is 0 Å². The summed E-state index contributed by atoms with van der Waals surface area (Å²) >= 11 is 1.35. The monoisotopic (exact) mass is 242 g/mol. The second kappa shape index (κ2) is 4.34. The lowest BCUT2D eigenvalue weighted by Gasteiger charge is -2.22. The van der Waals surface area contributed by atoms with E-state index in [4.69, 9.17) is 4.74 Å². The fourth-order valence-electron chi connectivity index (χ4n) is 1.52. The summed E-state index contributed by atoms with van der Waals surface area (Å²) < 4.78 is 5.25. The smallest absolute Gasteiger partial charge is 0.321 e. The minimum atomic E-state index is -0.274. The van der Waals surface area contributed by atoms with E-state index >= 15 is 0 Å². The van der Waals surface area contributed by atoms with E-state index in [-0.39, 0.29) is 11.6 Å². The Morgan fingerprint density at radius 1 is 1.56 bits per heavy atom. The molecule has 1 aromatic heterocycles. The van der Waals surface area contributed by atoms with Crippen molar-refractivity contribution in [1.29, 1.82) is 0 Å². The Morgan fingerprint density at radius 2 is 2.38 bits per heavy atom. The zero-order valence-electron chi connectivity index (χ0n) is 9.24. The van der Waals surface area contributed by atoms with E-state index < -0.39 is 0 Å². The molecule has 2 N–H and O–H groups in total. The van der Waals surface area contributed by atoms with Crippen LogP contribution in [0.25, 0.3) is 0 Å². The molecule has 0 saturated carbocycles. The van der Waals surface area contributed by atoms with Crippen molar-refractivity contribution < 1.29 is 9.53 Å². The topological polar surface area (TPSA) is 76.1 Å². The lowest BCUT2D eigenvalue weighted by Crippen LogP contribution is -2.48. The molecular weight excluding hydrogens is 228 g/mol. The number of aryl methyl sites for hydroxylation is 1. The number of amides is 2. The van der Waals surface area contributed by atoms with Gasteiger partial charge < -0.3 is 10.1 Å². The van der Waals surface area contributed by atoms with Crippen molar-refractivity contribution >= 4 is 22.5 Å². The van der Waals surface area contributed by atoms with Gasteiger partial charge in [-0.2, -0.15) is 0 Å². The Morgan fingerprint density at radius 3 is 2.94 bits per heavy atom. The van der Waals surface area contributed by atoms with E-state index in [1.807, 2.05) is 13.8 Å². The predicted octanol–water partition coefficient (Wildman–Crippen LogP) is 1.15. The number of carbonyl (C=O) groups excluding carboxylic acids is 1. The molecule has 1 aromatic rings. The number of aromatic nitrogens is 2. The van der Waals surface area contributed by atoms with Crippen molar-refractivity contribution in [1.82, 2.24) is 15.5 Å². The summed E-state index contributed by atoms with van der Waals surface area (Å²) in [7, 11) is 0. The van der Waals surface area contributed by atoms with Gasteiger partial charge in [-0.3, -0.25) is 5.32 Å². The van der Waals surface area contributed by atoms with Gasteiger partial charge in [-0.05, 0) is 20.3 Å². The van der Waals surface area contributed by atoms with E-state index in [0.717, 1.165) is 11.4 Å². The van der Waals surface area contributed by atoms with Crippen LogP contribution in [0.5, 0.6) is 0 Å². The molecule has 88 valence electrons. The normalized spacial score (nSPS) is 24.4. The first kappa shape index (κ1) is 11.3. The third-order valence-corrected chi connectivity index (χ3v) is 3.13. The van der Waals surface area contributed by atoms with Crippen LogP contribution in [0.3, 0.4) is 0 Å². The fourth-order valence-corrected chi connectivity index (χ4v) is 2.10. The molecule has 0 aliphatic carbocycles. The van der Waals surface area contributed by atoms with Gasteiger partial charge in [-0.15, -0.1) is 10.2 Å². The number of nitrogens with zero attached hydrogens (tertiary/aromatic N) is 2. The molecule has 1 saturated heterocycles. The number of hydrogen-bond acceptors (Lipinski definition) is 5. The van der Waals surface area contributed by atoms with Gasteiger partial charge in [0.2, 0.25) is 5.13 Å². The molecule has 7 heteroatoms. The lowest BCUT2D eigenvalue weighted by atomic mass is 10.0. The fraction of sp³-hybridized carbons (Fsp3) is 0.667. The summed E-state index contributed by atoms with van der Waals surface area (Å²) in [5.74, 6) is 0. The van der Waals surface area contributed by atoms with E-state index in [0.29, 0.717) is 18.3 Å².